The molecule has 0 aromatic heterocycles. The van der Waals surface area contributed by atoms with Crippen LogP contribution in [-0.2, 0) is 14.4 Å². The normalized spacial score (nSPS) is 14.5. The molecule has 1 fully saturated rings. The lowest BCUT2D eigenvalue weighted by Crippen LogP contribution is -2.54. The number of carbonyl (C=O) groups excluding carboxylic acids is 3. The summed E-state index contributed by atoms with van der Waals surface area (Å²) in [5.41, 5.74) is 0. The minimum atomic E-state index is -0.584. The number of benzene rings is 1. The Balaban J connectivity index is 1.71. The van der Waals surface area contributed by atoms with Gasteiger partial charge in [0.05, 0.1) is 0 Å². The summed E-state index contributed by atoms with van der Waals surface area (Å²) >= 11 is 7.47. The summed E-state index contributed by atoms with van der Waals surface area (Å²) in [5.74, 6) is -0.343. The van der Waals surface area contributed by atoms with Crippen LogP contribution in [0.4, 0.5) is 0 Å². The maximum absolute atomic E-state index is 12.3. The molecule has 0 spiro atoms. The van der Waals surface area contributed by atoms with Gasteiger partial charge >= 0.3 is 11.8 Å². The molecule has 26 heavy (non-hydrogen) atoms. The van der Waals surface area contributed by atoms with E-state index in [9.17, 15) is 14.4 Å². The van der Waals surface area contributed by atoms with Crippen molar-refractivity contribution in [2.75, 3.05) is 31.9 Å². The second kappa shape index (κ2) is 9.83. The van der Waals surface area contributed by atoms with Crippen LogP contribution in [0.15, 0.2) is 29.2 Å². The van der Waals surface area contributed by atoms with E-state index in [2.05, 4.69) is 5.32 Å². The van der Waals surface area contributed by atoms with E-state index < -0.39 is 11.8 Å². The van der Waals surface area contributed by atoms with Crippen LogP contribution in [0.3, 0.4) is 0 Å². The molecular weight excluding hydrogens is 374 g/mol. The summed E-state index contributed by atoms with van der Waals surface area (Å²) in [6.07, 6.45) is 0.440. The van der Waals surface area contributed by atoms with Crippen LogP contribution in [0.5, 0.6) is 0 Å². The van der Waals surface area contributed by atoms with E-state index in [0.29, 0.717) is 43.4 Å². The molecule has 0 aliphatic carbocycles. The number of piperazine rings is 1. The number of amides is 3. The van der Waals surface area contributed by atoms with Crippen molar-refractivity contribution in [3.8, 4) is 0 Å². The Labute approximate surface area is 163 Å². The molecule has 0 atom stereocenters. The predicted molar refractivity (Wildman–Crippen MR) is 103 cm³/mol. The Kier molecular flexibility index (Phi) is 7.78. The number of carbonyl (C=O) groups is 3. The highest BCUT2D eigenvalue weighted by Gasteiger charge is 2.27. The molecule has 1 aliphatic heterocycles. The van der Waals surface area contributed by atoms with Crippen LogP contribution in [0.2, 0.25) is 5.02 Å². The van der Waals surface area contributed by atoms with Crippen LogP contribution >= 0.6 is 23.4 Å². The lowest BCUT2D eigenvalue weighted by atomic mass is 10.2. The largest absolute Gasteiger partial charge is 0.346 e. The zero-order valence-electron chi connectivity index (χ0n) is 15.0. The Morgan fingerprint density at radius 1 is 1.08 bits per heavy atom. The number of nitrogens with zero attached hydrogens (tertiary/aromatic N) is 2. The molecule has 1 aromatic rings. The van der Waals surface area contributed by atoms with Crippen molar-refractivity contribution in [1.82, 2.24) is 15.1 Å². The molecule has 1 heterocycles. The van der Waals surface area contributed by atoms with Crippen molar-refractivity contribution in [3.63, 3.8) is 0 Å². The topological polar surface area (TPSA) is 69.7 Å². The molecule has 8 heteroatoms. The number of hydrogen-bond acceptors (Lipinski definition) is 4. The third kappa shape index (κ3) is 6.21. The Morgan fingerprint density at radius 3 is 2.23 bits per heavy atom. The van der Waals surface area contributed by atoms with Crippen molar-refractivity contribution in [2.45, 2.75) is 31.2 Å². The monoisotopic (exact) mass is 397 g/mol. The lowest BCUT2D eigenvalue weighted by Gasteiger charge is -2.34. The number of nitrogens with one attached hydrogen (secondary N) is 1. The first kappa shape index (κ1) is 20.6. The SMILES string of the molecule is CC(C)NC(=O)C(=O)N1CCN(C(=O)CCSc2ccc(Cl)cc2)CC1. The number of halogens is 1. The van der Waals surface area contributed by atoms with Crippen molar-refractivity contribution < 1.29 is 14.4 Å². The van der Waals surface area contributed by atoms with Gasteiger partial charge in [-0.2, -0.15) is 0 Å². The van der Waals surface area contributed by atoms with Crippen LogP contribution < -0.4 is 5.32 Å². The standard InChI is InChI=1S/C18H24ClN3O3S/c1-13(2)20-17(24)18(25)22-10-8-21(9-11-22)16(23)7-12-26-15-5-3-14(19)4-6-15/h3-6,13H,7-12H2,1-2H3,(H,20,24). The van der Waals surface area contributed by atoms with Crippen LogP contribution in [0.25, 0.3) is 0 Å². The van der Waals surface area contributed by atoms with Gasteiger partial charge < -0.3 is 15.1 Å². The van der Waals surface area contributed by atoms with Gasteiger partial charge in [-0.15, -0.1) is 11.8 Å². The van der Waals surface area contributed by atoms with E-state index in [-0.39, 0.29) is 11.9 Å². The summed E-state index contributed by atoms with van der Waals surface area (Å²) in [6.45, 7) is 5.32. The van der Waals surface area contributed by atoms with E-state index in [1.165, 1.54) is 4.90 Å². The summed E-state index contributed by atoms with van der Waals surface area (Å²) in [7, 11) is 0. The molecule has 6 nitrogen and oxygen atoms in total. The highest BCUT2D eigenvalue weighted by Crippen LogP contribution is 2.21. The Hall–Kier alpha value is -1.73. The molecule has 3 amide bonds. The zero-order valence-corrected chi connectivity index (χ0v) is 16.6. The van der Waals surface area contributed by atoms with E-state index in [1.807, 2.05) is 38.1 Å². The highest BCUT2D eigenvalue weighted by atomic mass is 35.5. The molecule has 2 rings (SSSR count). The van der Waals surface area contributed by atoms with Crippen LogP contribution in [0, 0.1) is 0 Å². The summed E-state index contributed by atoms with van der Waals surface area (Å²) in [4.78, 5) is 40.5. The number of thioether (sulfide) groups is 1. The molecule has 1 N–H and O–H groups in total. The van der Waals surface area contributed by atoms with Gasteiger partial charge in [-0.05, 0) is 38.1 Å². The highest BCUT2D eigenvalue weighted by molar-refractivity contribution is 7.99. The van der Waals surface area contributed by atoms with Gasteiger partial charge in [-0.3, -0.25) is 14.4 Å². The van der Waals surface area contributed by atoms with Gasteiger partial charge in [0.1, 0.15) is 0 Å². The molecule has 0 unspecified atom stereocenters. The molecule has 0 radical (unpaired) electrons. The molecule has 0 saturated carbocycles. The molecule has 1 aliphatic rings. The molecule has 1 saturated heterocycles. The first-order chi connectivity index (χ1) is 12.4. The summed E-state index contributed by atoms with van der Waals surface area (Å²) in [5, 5.41) is 3.29. The maximum atomic E-state index is 12.3. The van der Waals surface area contributed by atoms with Crippen LogP contribution in [-0.4, -0.2) is 65.5 Å². The van der Waals surface area contributed by atoms with Crippen molar-refractivity contribution in [3.05, 3.63) is 29.3 Å². The van der Waals surface area contributed by atoms with Gasteiger partial charge in [-0.1, -0.05) is 11.6 Å². The van der Waals surface area contributed by atoms with Crippen molar-refractivity contribution >= 4 is 41.1 Å². The average molecular weight is 398 g/mol. The molecule has 1 aromatic carbocycles. The summed E-state index contributed by atoms with van der Waals surface area (Å²) in [6, 6.07) is 7.45. The first-order valence-electron chi connectivity index (χ1n) is 8.62. The third-order valence-electron chi connectivity index (χ3n) is 3.93. The van der Waals surface area contributed by atoms with Crippen molar-refractivity contribution in [2.24, 2.45) is 0 Å². The van der Waals surface area contributed by atoms with E-state index in [1.54, 1.807) is 16.7 Å². The zero-order chi connectivity index (χ0) is 19.1. The predicted octanol–water partition coefficient (Wildman–Crippen LogP) is 2.02. The fourth-order valence-electron chi connectivity index (χ4n) is 2.57. The van der Waals surface area contributed by atoms with Gasteiger partial charge in [0, 0.05) is 54.3 Å². The van der Waals surface area contributed by atoms with Gasteiger partial charge in [0.15, 0.2) is 0 Å². The molecule has 0 bridgehead atoms. The Morgan fingerprint density at radius 2 is 1.65 bits per heavy atom. The van der Waals surface area contributed by atoms with E-state index in [0.717, 1.165) is 4.90 Å². The second-order valence-corrected chi connectivity index (χ2v) is 7.96. The first-order valence-corrected chi connectivity index (χ1v) is 9.99. The van der Waals surface area contributed by atoms with Crippen molar-refractivity contribution in [1.29, 1.82) is 0 Å². The second-order valence-electron chi connectivity index (χ2n) is 6.35. The minimum Gasteiger partial charge on any atom is -0.346 e. The molecule has 142 valence electrons. The fourth-order valence-corrected chi connectivity index (χ4v) is 3.54. The van der Waals surface area contributed by atoms with E-state index >= 15 is 0 Å². The van der Waals surface area contributed by atoms with Crippen LogP contribution in [0.1, 0.15) is 20.3 Å². The number of rotatable bonds is 5. The fraction of sp³-hybridized carbons (Fsp3) is 0.500. The smallest absolute Gasteiger partial charge is 0.312 e. The van der Waals surface area contributed by atoms with Gasteiger partial charge in [0.25, 0.3) is 0 Å². The summed E-state index contributed by atoms with van der Waals surface area (Å²) < 4.78 is 0. The molecular formula is C18H24ClN3O3S. The maximum Gasteiger partial charge on any atom is 0.312 e. The Bertz CT molecular complexity index is 644. The van der Waals surface area contributed by atoms with Gasteiger partial charge in [0.2, 0.25) is 5.91 Å². The number of hydrogen-bond donors (Lipinski definition) is 1. The quantitative estimate of drug-likeness (QED) is 0.609. The van der Waals surface area contributed by atoms with Gasteiger partial charge in [-0.25, -0.2) is 0 Å². The average Bonchev–Trinajstić information content (AvgIpc) is 2.62. The van der Waals surface area contributed by atoms with E-state index in [4.69, 9.17) is 11.6 Å². The minimum absolute atomic E-state index is 0.0743. The third-order valence-corrected chi connectivity index (χ3v) is 5.20. The lowest BCUT2D eigenvalue weighted by molar-refractivity contribution is -0.148.